The van der Waals surface area contributed by atoms with Crippen LogP contribution >= 0.6 is 11.6 Å². The number of methoxy groups -OCH3 is 1. The average Bonchev–Trinajstić information content (AvgIpc) is 3.05. The summed E-state index contributed by atoms with van der Waals surface area (Å²) in [6.45, 7) is 5.15. The first-order valence-corrected chi connectivity index (χ1v) is 11.0. The Morgan fingerprint density at radius 2 is 1.65 bits per heavy atom. The quantitative estimate of drug-likeness (QED) is 0.344. The smallest absolute Gasteiger partial charge is 0.354 e. The lowest BCUT2D eigenvalue weighted by molar-refractivity contribution is 0.0587. The van der Waals surface area contributed by atoms with Gasteiger partial charge in [0.25, 0.3) is 5.91 Å². The molecule has 3 aromatic rings. The Balaban J connectivity index is 2.04. The summed E-state index contributed by atoms with van der Waals surface area (Å²) in [7, 11) is 2.97. The van der Waals surface area contributed by atoms with E-state index in [1.807, 2.05) is 0 Å². The van der Waals surface area contributed by atoms with E-state index < -0.39 is 17.8 Å². The molecule has 0 spiro atoms. The van der Waals surface area contributed by atoms with Crippen LogP contribution in [0.5, 0.6) is 0 Å². The van der Waals surface area contributed by atoms with Crippen LogP contribution < -0.4 is 0 Å². The van der Waals surface area contributed by atoms with Crippen molar-refractivity contribution in [3.63, 3.8) is 0 Å². The molecule has 0 unspecified atom stereocenters. The fourth-order valence-electron chi connectivity index (χ4n) is 4.01. The molecule has 0 radical (unpaired) electrons. The van der Waals surface area contributed by atoms with E-state index in [4.69, 9.17) is 16.3 Å². The lowest BCUT2D eigenvalue weighted by atomic mass is 9.98. The molecule has 0 N–H and O–H groups in total. The Morgan fingerprint density at radius 3 is 2.21 bits per heavy atom. The number of amides is 1. The molecular formula is C26H26ClFN2O4. The van der Waals surface area contributed by atoms with Crippen molar-refractivity contribution in [2.45, 2.75) is 33.4 Å². The normalized spacial score (nSPS) is 11.7. The fraction of sp³-hybridized carbons (Fsp3) is 0.269. The van der Waals surface area contributed by atoms with Gasteiger partial charge in [-0.15, -0.1) is 0 Å². The molecule has 0 aliphatic heterocycles. The number of hydrogen-bond donors (Lipinski definition) is 0. The minimum absolute atomic E-state index is 0.0867. The van der Waals surface area contributed by atoms with Crippen molar-refractivity contribution in [2.75, 3.05) is 7.11 Å². The van der Waals surface area contributed by atoms with Gasteiger partial charge in [0.1, 0.15) is 11.5 Å². The third-order valence-electron chi connectivity index (χ3n) is 6.02. The van der Waals surface area contributed by atoms with Gasteiger partial charge in [-0.2, -0.15) is 0 Å². The second-order valence-corrected chi connectivity index (χ2v) is 8.53. The molecule has 1 aromatic heterocycles. The summed E-state index contributed by atoms with van der Waals surface area (Å²) in [6, 6.07) is 11.3. The summed E-state index contributed by atoms with van der Waals surface area (Å²) in [6.07, 6.45) is 0. The first kappa shape index (κ1) is 25.2. The summed E-state index contributed by atoms with van der Waals surface area (Å²) >= 11 is 5.97. The Morgan fingerprint density at radius 1 is 1.06 bits per heavy atom. The lowest BCUT2D eigenvalue weighted by Crippen LogP contribution is -2.43. The second-order valence-electron chi connectivity index (χ2n) is 8.09. The van der Waals surface area contributed by atoms with Crippen LogP contribution in [0.3, 0.4) is 0 Å². The number of Topliss-reactive ketones (excluding diaryl/α,β-unsaturated/α-hetero) is 1. The summed E-state index contributed by atoms with van der Waals surface area (Å²) in [5.41, 5.74) is 2.76. The second kappa shape index (κ2) is 10.2. The number of ether oxygens (including phenoxy) is 1. The first-order valence-electron chi connectivity index (χ1n) is 10.7. The molecule has 178 valence electrons. The third kappa shape index (κ3) is 4.89. The minimum Gasteiger partial charge on any atom is -0.464 e. The SMILES string of the molecule is COC(=O)c1c(C)c(C(=O)[C@@H](C)N(Cc2ccc(F)cc2)C(=O)c2ccc(Cl)cc2)c(C)n1C. The highest BCUT2D eigenvalue weighted by atomic mass is 35.5. The van der Waals surface area contributed by atoms with E-state index in [0.29, 0.717) is 33.0 Å². The van der Waals surface area contributed by atoms with E-state index >= 15 is 0 Å². The van der Waals surface area contributed by atoms with Crippen LogP contribution in [-0.4, -0.2) is 40.3 Å². The molecule has 0 saturated carbocycles. The molecule has 0 saturated heterocycles. The summed E-state index contributed by atoms with van der Waals surface area (Å²) in [5, 5.41) is 0.483. The van der Waals surface area contributed by atoms with E-state index in [9.17, 15) is 18.8 Å². The van der Waals surface area contributed by atoms with Crippen molar-refractivity contribution in [3.05, 3.63) is 93.0 Å². The summed E-state index contributed by atoms with van der Waals surface area (Å²) < 4.78 is 19.9. The van der Waals surface area contributed by atoms with Gasteiger partial charge in [0, 0.05) is 35.4 Å². The molecule has 6 nitrogen and oxygen atoms in total. The highest BCUT2D eigenvalue weighted by Gasteiger charge is 2.33. The molecule has 0 fully saturated rings. The van der Waals surface area contributed by atoms with Gasteiger partial charge in [0.2, 0.25) is 0 Å². The molecule has 0 bridgehead atoms. The number of carbonyl (C=O) groups is 3. The number of nitrogens with zero attached hydrogens (tertiary/aromatic N) is 2. The van der Waals surface area contributed by atoms with Gasteiger partial charge in [0.15, 0.2) is 5.78 Å². The Hall–Kier alpha value is -3.45. The first-order chi connectivity index (χ1) is 16.1. The lowest BCUT2D eigenvalue weighted by Gasteiger charge is -2.29. The van der Waals surface area contributed by atoms with Crippen molar-refractivity contribution < 1.29 is 23.5 Å². The molecule has 1 heterocycles. The van der Waals surface area contributed by atoms with Gasteiger partial charge < -0.3 is 14.2 Å². The number of hydrogen-bond acceptors (Lipinski definition) is 4. The molecule has 1 atom stereocenters. The van der Waals surface area contributed by atoms with Crippen LogP contribution in [0.4, 0.5) is 4.39 Å². The number of halogens is 2. The third-order valence-corrected chi connectivity index (χ3v) is 6.27. The number of aromatic nitrogens is 1. The molecule has 3 rings (SSSR count). The Kier molecular flexibility index (Phi) is 7.57. The molecule has 2 aromatic carbocycles. The van der Waals surface area contributed by atoms with Gasteiger partial charge in [0.05, 0.1) is 13.2 Å². The molecule has 0 aliphatic carbocycles. The summed E-state index contributed by atoms with van der Waals surface area (Å²) in [5.74, 6) is -1.63. The van der Waals surface area contributed by atoms with E-state index in [-0.39, 0.29) is 23.9 Å². The number of ketones is 1. The summed E-state index contributed by atoms with van der Waals surface area (Å²) in [4.78, 5) is 40.9. The number of esters is 1. The number of benzene rings is 2. The highest BCUT2D eigenvalue weighted by Crippen LogP contribution is 2.26. The zero-order chi connectivity index (χ0) is 25.2. The highest BCUT2D eigenvalue weighted by molar-refractivity contribution is 6.30. The number of carbonyl (C=O) groups excluding carboxylic acids is 3. The molecule has 8 heteroatoms. The zero-order valence-corrected chi connectivity index (χ0v) is 20.4. The van der Waals surface area contributed by atoms with E-state index in [0.717, 1.165) is 0 Å². The van der Waals surface area contributed by atoms with Crippen molar-refractivity contribution >= 4 is 29.3 Å². The van der Waals surface area contributed by atoms with Crippen molar-refractivity contribution in [3.8, 4) is 0 Å². The van der Waals surface area contributed by atoms with Gasteiger partial charge >= 0.3 is 5.97 Å². The maximum atomic E-state index is 13.7. The standard InChI is InChI=1S/C26H26ClFN2O4/c1-15-22(16(2)29(4)23(15)26(33)34-5)24(31)17(3)30(14-18-6-12-21(28)13-7-18)25(32)19-8-10-20(27)11-9-19/h6-13,17H,14H2,1-5H3/t17-/m1/s1. The topological polar surface area (TPSA) is 68.6 Å². The molecular weight excluding hydrogens is 459 g/mol. The maximum absolute atomic E-state index is 13.7. The predicted octanol–water partition coefficient (Wildman–Crippen LogP) is 5.13. The van der Waals surface area contributed by atoms with Crippen LogP contribution in [0.25, 0.3) is 0 Å². The van der Waals surface area contributed by atoms with Crippen LogP contribution in [0.2, 0.25) is 5.02 Å². The molecule has 1 amide bonds. The largest absolute Gasteiger partial charge is 0.464 e. The Bertz CT molecular complexity index is 1230. The maximum Gasteiger partial charge on any atom is 0.354 e. The zero-order valence-electron chi connectivity index (χ0n) is 19.7. The van der Waals surface area contributed by atoms with Gasteiger partial charge in [-0.05, 0) is 68.3 Å². The van der Waals surface area contributed by atoms with E-state index in [1.165, 1.54) is 24.1 Å². The van der Waals surface area contributed by atoms with E-state index in [2.05, 4.69) is 0 Å². The van der Waals surface area contributed by atoms with Gasteiger partial charge in [-0.1, -0.05) is 23.7 Å². The number of rotatable bonds is 7. The fourth-order valence-corrected chi connectivity index (χ4v) is 4.13. The molecule has 0 aliphatic rings. The Labute approximate surface area is 202 Å². The predicted molar refractivity (Wildman–Crippen MR) is 128 cm³/mol. The van der Waals surface area contributed by atoms with Gasteiger partial charge in [-0.3, -0.25) is 9.59 Å². The van der Waals surface area contributed by atoms with E-state index in [1.54, 1.807) is 68.8 Å². The monoisotopic (exact) mass is 484 g/mol. The van der Waals surface area contributed by atoms with Crippen LogP contribution in [0, 0.1) is 19.7 Å². The van der Waals surface area contributed by atoms with Crippen molar-refractivity contribution in [1.82, 2.24) is 9.47 Å². The molecule has 34 heavy (non-hydrogen) atoms. The average molecular weight is 485 g/mol. The van der Waals surface area contributed by atoms with Crippen LogP contribution in [0.15, 0.2) is 48.5 Å². The van der Waals surface area contributed by atoms with Crippen molar-refractivity contribution in [2.24, 2.45) is 7.05 Å². The van der Waals surface area contributed by atoms with Gasteiger partial charge in [-0.25, -0.2) is 9.18 Å². The van der Waals surface area contributed by atoms with Crippen LogP contribution in [-0.2, 0) is 18.3 Å². The minimum atomic E-state index is -0.876. The van der Waals surface area contributed by atoms with Crippen molar-refractivity contribution in [1.29, 1.82) is 0 Å². The van der Waals surface area contributed by atoms with Crippen LogP contribution in [0.1, 0.15) is 54.9 Å².